The monoisotopic (exact) mass is 384 g/mol. The summed E-state index contributed by atoms with van der Waals surface area (Å²) in [5, 5.41) is 19.6. The zero-order valence-corrected chi connectivity index (χ0v) is 14.1. The number of allylic oxidation sites excluding steroid dienone is 2. The van der Waals surface area contributed by atoms with Crippen LogP contribution in [0.2, 0.25) is 0 Å². The SMILES string of the molecule is N#C/C(=C1\C=CNC(=NCCn2cncn2)N1)c1cccc(Br)n1. The van der Waals surface area contributed by atoms with Gasteiger partial charge in [0.05, 0.1) is 24.5 Å². The minimum Gasteiger partial charge on any atom is -0.333 e. The zero-order valence-electron chi connectivity index (χ0n) is 12.5. The second kappa shape index (κ2) is 7.52. The van der Waals surface area contributed by atoms with Crippen LogP contribution in [0.5, 0.6) is 0 Å². The molecule has 0 aromatic carbocycles. The van der Waals surface area contributed by atoms with E-state index in [-0.39, 0.29) is 0 Å². The molecule has 0 saturated heterocycles. The van der Waals surface area contributed by atoms with E-state index in [0.29, 0.717) is 40.6 Å². The molecule has 9 heteroatoms. The van der Waals surface area contributed by atoms with Gasteiger partial charge in [0.25, 0.3) is 0 Å². The van der Waals surface area contributed by atoms with Crippen LogP contribution in [0.1, 0.15) is 5.69 Å². The number of halogens is 1. The fraction of sp³-hybridized carbons (Fsp3) is 0.133. The average Bonchev–Trinajstić information content (AvgIpc) is 3.10. The van der Waals surface area contributed by atoms with Gasteiger partial charge in [-0.2, -0.15) is 10.4 Å². The standard InChI is InChI=1S/C15H13BrN8/c16-14-3-1-2-12(22-14)11(8-17)13-4-5-19-15(23-13)20-6-7-24-10-18-9-21-24/h1-5,9-10H,6-7H2,(H2,19,20,23)/b13-11-. The number of nitrogens with zero attached hydrogens (tertiary/aromatic N) is 6. The maximum Gasteiger partial charge on any atom is 0.199 e. The highest BCUT2D eigenvalue weighted by molar-refractivity contribution is 9.10. The highest BCUT2D eigenvalue weighted by atomic mass is 79.9. The van der Waals surface area contributed by atoms with Crippen molar-refractivity contribution >= 4 is 27.5 Å². The lowest BCUT2D eigenvalue weighted by atomic mass is 10.1. The topological polar surface area (TPSA) is 104 Å². The van der Waals surface area contributed by atoms with E-state index in [0.717, 1.165) is 0 Å². The quantitative estimate of drug-likeness (QED) is 0.610. The van der Waals surface area contributed by atoms with Crippen LogP contribution >= 0.6 is 15.9 Å². The van der Waals surface area contributed by atoms with Crippen LogP contribution in [-0.2, 0) is 6.54 Å². The molecule has 2 aromatic heterocycles. The molecule has 0 saturated carbocycles. The molecule has 1 aliphatic heterocycles. The predicted octanol–water partition coefficient (Wildman–Crippen LogP) is 1.43. The van der Waals surface area contributed by atoms with E-state index in [2.05, 4.69) is 52.7 Å². The first-order valence-corrected chi connectivity index (χ1v) is 7.90. The Morgan fingerprint density at radius 2 is 2.33 bits per heavy atom. The van der Waals surface area contributed by atoms with Crippen molar-refractivity contribution in [1.82, 2.24) is 30.4 Å². The lowest BCUT2D eigenvalue weighted by molar-refractivity contribution is 0.622. The van der Waals surface area contributed by atoms with Gasteiger partial charge in [0, 0.05) is 6.20 Å². The Bertz CT molecular complexity index is 845. The van der Waals surface area contributed by atoms with Crippen molar-refractivity contribution in [2.45, 2.75) is 6.54 Å². The summed E-state index contributed by atoms with van der Waals surface area (Å²) in [7, 11) is 0. The number of aliphatic imine (C=N–C) groups is 1. The fourth-order valence-electron chi connectivity index (χ4n) is 2.06. The van der Waals surface area contributed by atoms with E-state index in [1.807, 2.05) is 12.1 Å². The van der Waals surface area contributed by atoms with Gasteiger partial charge in [0.2, 0.25) is 0 Å². The van der Waals surface area contributed by atoms with E-state index < -0.39 is 0 Å². The largest absolute Gasteiger partial charge is 0.333 e. The molecule has 3 heterocycles. The minimum atomic E-state index is 0.443. The third-order valence-electron chi connectivity index (χ3n) is 3.14. The van der Waals surface area contributed by atoms with Gasteiger partial charge < -0.3 is 10.6 Å². The van der Waals surface area contributed by atoms with Crippen LogP contribution in [-0.4, -0.2) is 32.3 Å². The molecule has 24 heavy (non-hydrogen) atoms. The number of nitriles is 1. The van der Waals surface area contributed by atoms with Gasteiger partial charge in [0.1, 0.15) is 28.9 Å². The van der Waals surface area contributed by atoms with Crippen molar-refractivity contribution in [3.8, 4) is 6.07 Å². The molecule has 2 N–H and O–H groups in total. The van der Waals surface area contributed by atoms with Crippen molar-refractivity contribution in [2.24, 2.45) is 4.99 Å². The fourth-order valence-corrected chi connectivity index (χ4v) is 2.40. The smallest absolute Gasteiger partial charge is 0.199 e. The van der Waals surface area contributed by atoms with E-state index in [9.17, 15) is 5.26 Å². The molecule has 0 bridgehead atoms. The normalized spacial score (nSPS) is 17.1. The maximum atomic E-state index is 9.49. The van der Waals surface area contributed by atoms with Crippen LogP contribution in [0.15, 0.2) is 58.4 Å². The molecule has 8 nitrogen and oxygen atoms in total. The second-order valence-corrected chi connectivity index (χ2v) is 5.55. The van der Waals surface area contributed by atoms with Gasteiger partial charge in [-0.15, -0.1) is 0 Å². The number of hydrogen-bond acceptors (Lipinski definition) is 5. The van der Waals surface area contributed by atoms with Crippen LogP contribution in [0.25, 0.3) is 5.57 Å². The Labute approximate surface area is 146 Å². The number of nitrogens with one attached hydrogen (secondary N) is 2. The average molecular weight is 385 g/mol. The molecule has 0 fully saturated rings. The lowest BCUT2D eigenvalue weighted by Gasteiger charge is -2.17. The van der Waals surface area contributed by atoms with Gasteiger partial charge in [-0.05, 0) is 34.1 Å². The molecule has 0 unspecified atom stereocenters. The van der Waals surface area contributed by atoms with Crippen molar-refractivity contribution in [1.29, 1.82) is 5.26 Å². The molecule has 0 radical (unpaired) electrons. The first kappa shape index (κ1) is 15.9. The summed E-state index contributed by atoms with van der Waals surface area (Å²) >= 11 is 3.32. The maximum absolute atomic E-state index is 9.49. The Hall–Kier alpha value is -2.99. The van der Waals surface area contributed by atoms with Crippen LogP contribution in [0, 0.1) is 11.3 Å². The number of hydrogen-bond donors (Lipinski definition) is 2. The number of guanidine groups is 1. The number of rotatable bonds is 4. The Morgan fingerprint density at radius 3 is 3.08 bits per heavy atom. The molecule has 1 aliphatic rings. The molecule has 0 atom stereocenters. The summed E-state index contributed by atoms with van der Waals surface area (Å²) in [4.78, 5) is 12.6. The zero-order chi connectivity index (χ0) is 16.8. The lowest BCUT2D eigenvalue weighted by Crippen LogP contribution is -2.37. The predicted molar refractivity (Wildman–Crippen MR) is 92.2 cm³/mol. The minimum absolute atomic E-state index is 0.443. The summed E-state index contributed by atoms with van der Waals surface area (Å²) in [5.41, 5.74) is 1.67. The number of aromatic nitrogens is 4. The van der Waals surface area contributed by atoms with Crippen molar-refractivity contribution in [3.63, 3.8) is 0 Å². The molecule has 2 aromatic rings. The molecule has 0 spiro atoms. The molecular weight excluding hydrogens is 372 g/mol. The van der Waals surface area contributed by atoms with Crippen LogP contribution in [0.3, 0.4) is 0 Å². The Balaban J connectivity index is 1.77. The molecule has 0 aliphatic carbocycles. The molecule has 120 valence electrons. The highest BCUT2D eigenvalue weighted by Crippen LogP contribution is 2.18. The Morgan fingerprint density at radius 1 is 1.42 bits per heavy atom. The van der Waals surface area contributed by atoms with Gasteiger partial charge in [-0.3, -0.25) is 9.67 Å². The van der Waals surface area contributed by atoms with Gasteiger partial charge in [-0.25, -0.2) is 9.97 Å². The summed E-state index contributed by atoms with van der Waals surface area (Å²) in [6, 6.07) is 7.63. The summed E-state index contributed by atoms with van der Waals surface area (Å²) in [6.45, 7) is 1.14. The summed E-state index contributed by atoms with van der Waals surface area (Å²) in [6.07, 6.45) is 6.63. The Kier molecular flexibility index (Phi) is 4.98. The van der Waals surface area contributed by atoms with Crippen molar-refractivity contribution in [3.05, 3.63) is 59.1 Å². The van der Waals surface area contributed by atoms with Crippen molar-refractivity contribution < 1.29 is 0 Å². The van der Waals surface area contributed by atoms with E-state index in [4.69, 9.17) is 0 Å². The molecule has 0 amide bonds. The van der Waals surface area contributed by atoms with E-state index in [1.54, 1.807) is 29.4 Å². The van der Waals surface area contributed by atoms with Gasteiger partial charge in [-0.1, -0.05) is 6.07 Å². The highest BCUT2D eigenvalue weighted by Gasteiger charge is 2.13. The van der Waals surface area contributed by atoms with Gasteiger partial charge in [0.15, 0.2) is 5.96 Å². The van der Waals surface area contributed by atoms with Crippen LogP contribution in [0.4, 0.5) is 0 Å². The van der Waals surface area contributed by atoms with E-state index >= 15 is 0 Å². The third kappa shape index (κ3) is 3.85. The number of pyridine rings is 1. The third-order valence-corrected chi connectivity index (χ3v) is 3.58. The first-order valence-electron chi connectivity index (χ1n) is 7.10. The van der Waals surface area contributed by atoms with Crippen molar-refractivity contribution in [2.75, 3.05) is 6.54 Å². The molecule has 3 rings (SSSR count). The van der Waals surface area contributed by atoms with Crippen LogP contribution < -0.4 is 10.6 Å². The summed E-state index contributed by atoms with van der Waals surface area (Å²) in [5.74, 6) is 0.565. The van der Waals surface area contributed by atoms with Gasteiger partial charge >= 0.3 is 0 Å². The second-order valence-electron chi connectivity index (χ2n) is 4.74. The summed E-state index contributed by atoms with van der Waals surface area (Å²) < 4.78 is 2.37. The molecular formula is C15H13BrN8. The van der Waals surface area contributed by atoms with E-state index in [1.165, 1.54) is 6.33 Å². The first-order chi connectivity index (χ1) is 11.8.